The van der Waals surface area contributed by atoms with E-state index in [2.05, 4.69) is 0 Å². The van der Waals surface area contributed by atoms with Crippen LogP contribution in [0.1, 0.15) is 21.3 Å². The van der Waals surface area contributed by atoms with Crippen molar-refractivity contribution in [3.05, 3.63) is 58.6 Å². The molecule has 0 spiro atoms. The van der Waals surface area contributed by atoms with Gasteiger partial charge < -0.3 is 14.4 Å². The topological polar surface area (TPSA) is 38.8 Å². The summed E-state index contributed by atoms with van der Waals surface area (Å²) in [6, 6.07) is 12.7. The molecule has 1 heterocycles. The summed E-state index contributed by atoms with van der Waals surface area (Å²) < 4.78 is 10.8. The van der Waals surface area contributed by atoms with Crippen LogP contribution in [0, 0.1) is 0 Å². The second kappa shape index (κ2) is 7.36. The van der Waals surface area contributed by atoms with Gasteiger partial charge in [-0.2, -0.15) is 0 Å². The highest BCUT2D eigenvalue weighted by Crippen LogP contribution is 2.43. The SMILES string of the molecule is COc1ccc([C@@H]2SCCN2C(=O)c2ccc(Cl)cc2)c(OC)c1. The molecule has 1 aliphatic heterocycles. The van der Waals surface area contributed by atoms with Crippen LogP contribution >= 0.6 is 23.4 Å². The average Bonchev–Trinajstić information content (AvgIpc) is 3.10. The fourth-order valence-electron chi connectivity index (χ4n) is 2.72. The van der Waals surface area contributed by atoms with Crippen molar-refractivity contribution >= 4 is 29.3 Å². The van der Waals surface area contributed by atoms with Crippen LogP contribution in [0.25, 0.3) is 0 Å². The molecule has 0 aromatic heterocycles. The number of amides is 1. The van der Waals surface area contributed by atoms with Gasteiger partial charge in [0.1, 0.15) is 16.9 Å². The average molecular weight is 364 g/mol. The number of nitrogens with zero attached hydrogens (tertiary/aromatic N) is 1. The minimum Gasteiger partial charge on any atom is -0.497 e. The molecule has 2 aromatic rings. The van der Waals surface area contributed by atoms with Crippen molar-refractivity contribution in [1.82, 2.24) is 4.90 Å². The molecule has 0 radical (unpaired) electrons. The molecule has 1 atom stereocenters. The number of ether oxygens (including phenoxy) is 2. The number of methoxy groups -OCH3 is 2. The van der Waals surface area contributed by atoms with Gasteiger partial charge in [0.15, 0.2) is 0 Å². The first-order valence-electron chi connectivity index (χ1n) is 7.54. The van der Waals surface area contributed by atoms with Crippen molar-refractivity contribution in [3.8, 4) is 11.5 Å². The Morgan fingerprint density at radius 1 is 1.17 bits per heavy atom. The Morgan fingerprint density at radius 3 is 2.58 bits per heavy atom. The van der Waals surface area contributed by atoms with Crippen molar-refractivity contribution in [3.63, 3.8) is 0 Å². The normalized spacial score (nSPS) is 17.0. The second-order valence-corrected chi connectivity index (χ2v) is 6.96. The zero-order valence-corrected chi connectivity index (χ0v) is 15.1. The van der Waals surface area contributed by atoms with E-state index in [-0.39, 0.29) is 11.3 Å². The minimum atomic E-state index is -0.0750. The van der Waals surface area contributed by atoms with E-state index in [9.17, 15) is 4.79 Å². The van der Waals surface area contributed by atoms with Crippen molar-refractivity contribution in [2.75, 3.05) is 26.5 Å². The maximum absolute atomic E-state index is 12.9. The Balaban J connectivity index is 1.90. The van der Waals surface area contributed by atoms with Crippen molar-refractivity contribution in [2.45, 2.75) is 5.37 Å². The predicted molar refractivity (Wildman–Crippen MR) is 97.2 cm³/mol. The molecule has 0 bridgehead atoms. The highest BCUT2D eigenvalue weighted by Gasteiger charge is 2.33. The van der Waals surface area contributed by atoms with Crippen LogP contribution in [-0.2, 0) is 0 Å². The summed E-state index contributed by atoms with van der Waals surface area (Å²) in [6.45, 7) is 0.700. The van der Waals surface area contributed by atoms with Crippen molar-refractivity contribution in [2.24, 2.45) is 0 Å². The number of benzene rings is 2. The van der Waals surface area contributed by atoms with Gasteiger partial charge >= 0.3 is 0 Å². The molecule has 126 valence electrons. The van der Waals surface area contributed by atoms with E-state index in [1.807, 2.05) is 23.1 Å². The van der Waals surface area contributed by atoms with Gasteiger partial charge in [-0.25, -0.2) is 0 Å². The predicted octanol–water partition coefficient (Wildman–Crippen LogP) is 4.25. The number of thioether (sulfide) groups is 1. The first kappa shape index (κ1) is 17.0. The molecule has 0 aliphatic carbocycles. The fourth-order valence-corrected chi connectivity index (χ4v) is 4.12. The van der Waals surface area contributed by atoms with Crippen molar-refractivity contribution < 1.29 is 14.3 Å². The molecule has 1 amide bonds. The monoisotopic (exact) mass is 363 g/mol. The van der Waals surface area contributed by atoms with E-state index in [4.69, 9.17) is 21.1 Å². The first-order chi connectivity index (χ1) is 11.6. The maximum atomic E-state index is 12.9. The third-order valence-electron chi connectivity index (χ3n) is 3.95. The number of carbonyl (C=O) groups excluding carboxylic acids is 1. The molecule has 6 heteroatoms. The number of hydrogen-bond acceptors (Lipinski definition) is 4. The molecular formula is C18H18ClNO3S. The van der Waals surface area contributed by atoms with Gasteiger partial charge in [-0.15, -0.1) is 11.8 Å². The molecule has 1 aliphatic rings. The van der Waals surface area contributed by atoms with Crippen molar-refractivity contribution in [1.29, 1.82) is 0 Å². The van der Waals surface area contributed by atoms with Crippen LogP contribution in [0.3, 0.4) is 0 Å². The lowest BCUT2D eigenvalue weighted by molar-refractivity contribution is 0.0759. The molecule has 0 N–H and O–H groups in total. The van der Waals surface area contributed by atoms with Gasteiger partial charge in [-0.1, -0.05) is 11.6 Å². The van der Waals surface area contributed by atoms with Crippen LogP contribution in [0.5, 0.6) is 11.5 Å². The molecule has 2 aromatic carbocycles. The standard InChI is InChI=1S/C18H18ClNO3S/c1-22-14-7-8-15(16(11-14)23-2)18-20(9-10-24-18)17(21)12-3-5-13(19)6-4-12/h3-8,11,18H,9-10H2,1-2H3/t18-/m0/s1. The summed E-state index contributed by atoms with van der Waals surface area (Å²) in [4.78, 5) is 14.7. The minimum absolute atomic E-state index is 0.000428. The summed E-state index contributed by atoms with van der Waals surface area (Å²) in [5, 5.41) is 0.546. The fraction of sp³-hybridized carbons (Fsp3) is 0.278. The summed E-state index contributed by atoms with van der Waals surface area (Å²) in [5.74, 6) is 2.34. The van der Waals surface area contributed by atoms with Crippen LogP contribution in [0.4, 0.5) is 0 Å². The lowest BCUT2D eigenvalue weighted by Crippen LogP contribution is -2.30. The van der Waals surface area contributed by atoms with E-state index >= 15 is 0 Å². The highest BCUT2D eigenvalue weighted by molar-refractivity contribution is 7.99. The van der Waals surface area contributed by atoms with Crippen LogP contribution in [0.15, 0.2) is 42.5 Å². The molecule has 24 heavy (non-hydrogen) atoms. The quantitative estimate of drug-likeness (QED) is 0.814. The van der Waals surface area contributed by atoms with E-state index in [0.29, 0.717) is 17.1 Å². The number of rotatable bonds is 4. The maximum Gasteiger partial charge on any atom is 0.255 e. The largest absolute Gasteiger partial charge is 0.497 e. The van der Waals surface area contributed by atoms with Gasteiger partial charge in [-0.05, 0) is 36.4 Å². The third kappa shape index (κ3) is 3.32. The smallest absolute Gasteiger partial charge is 0.255 e. The molecule has 1 saturated heterocycles. The summed E-state index contributed by atoms with van der Waals surface area (Å²) >= 11 is 7.64. The third-order valence-corrected chi connectivity index (χ3v) is 5.44. The Kier molecular flexibility index (Phi) is 5.21. The summed E-state index contributed by atoms with van der Waals surface area (Å²) in [6.07, 6.45) is 0. The molecular weight excluding hydrogens is 346 g/mol. The van der Waals surface area contributed by atoms with E-state index < -0.39 is 0 Å². The van der Waals surface area contributed by atoms with Gasteiger partial charge in [-0.3, -0.25) is 4.79 Å². The number of hydrogen-bond donors (Lipinski definition) is 0. The summed E-state index contributed by atoms with van der Waals surface area (Å²) in [7, 11) is 3.25. The Morgan fingerprint density at radius 2 is 1.92 bits per heavy atom. The van der Waals surface area contributed by atoms with Crippen LogP contribution < -0.4 is 9.47 Å². The van der Waals surface area contributed by atoms with E-state index in [1.54, 1.807) is 50.2 Å². The Labute approximate surface area is 150 Å². The Bertz CT molecular complexity index is 736. The van der Waals surface area contributed by atoms with Crippen LogP contribution in [0.2, 0.25) is 5.02 Å². The number of halogens is 1. The molecule has 0 unspecified atom stereocenters. The van der Waals surface area contributed by atoms with Gasteiger partial charge in [0.25, 0.3) is 5.91 Å². The van der Waals surface area contributed by atoms with Gasteiger partial charge in [0.2, 0.25) is 0 Å². The lowest BCUT2D eigenvalue weighted by Gasteiger charge is -2.25. The second-order valence-electron chi connectivity index (χ2n) is 5.34. The van der Waals surface area contributed by atoms with E-state index in [1.165, 1.54) is 0 Å². The zero-order chi connectivity index (χ0) is 17.1. The lowest BCUT2D eigenvalue weighted by atomic mass is 10.1. The highest BCUT2D eigenvalue weighted by atomic mass is 35.5. The molecule has 4 nitrogen and oxygen atoms in total. The molecule has 1 fully saturated rings. The Hall–Kier alpha value is -1.85. The van der Waals surface area contributed by atoms with E-state index in [0.717, 1.165) is 22.8 Å². The zero-order valence-electron chi connectivity index (χ0n) is 13.5. The van der Waals surface area contributed by atoms with Gasteiger partial charge in [0, 0.05) is 34.5 Å². The molecule has 0 saturated carbocycles. The summed E-state index contributed by atoms with van der Waals surface area (Å²) in [5.41, 5.74) is 1.61. The number of carbonyl (C=O) groups is 1. The van der Waals surface area contributed by atoms with Gasteiger partial charge in [0.05, 0.1) is 14.2 Å². The molecule has 3 rings (SSSR count). The van der Waals surface area contributed by atoms with Crippen LogP contribution in [-0.4, -0.2) is 37.3 Å². The first-order valence-corrected chi connectivity index (χ1v) is 8.97.